The Balaban J connectivity index is 2.35. The third-order valence-electron chi connectivity index (χ3n) is 1.80. The lowest BCUT2D eigenvalue weighted by molar-refractivity contribution is -0.113. The van der Waals surface area contributed by atoms with Crippen molar-refractivity contribution in [1.29, 1.82) is 0 Å². The van der Waals surface area contributed by atoms with Crippen LogP contribution in [-0.2, 0) is 4.79 Å². The van der Waals surface area contributed by atoms with E-state index in [-0.39, 0.29) is 0 Å². The van der Waals surface area contributed by atoms with Crippen LogP contribution in [0.2, 0.25) is 0 Å². The van der Waals surface area contributed by atoms with Gasteiger partial charge >= 0.3 is 0 Å². The van der Waals surface area contributed by atoms with E-state index < -0.39 is 0 Å². The fourth-order valence-corrected chi connectivity index (χ4v) is 1.16. The van der Waals surface area contributed by atoms with Crippen LogP contribution in [0.5, 0.6) is 0 Å². The van der Waals surface area contributed by atoms with Gasteiger partial charge in [0.1, 0.15) is 0 Å². The Bertz CT molecular complexity index is 254. The first-order valence-corrected chi connectivity index (χ1v) is 4.30. The van der Waals surface area contributed by atoms with Gasteiger partial charge in [0, 0.05) is 13.1 Å². The highest BCUT2D eigenvalue weighted by atomic mass is 16.1. The fourth-order valence-electron chi connectivity index (χ4n) is 1.16. The van der Waals surface area contributed by atoms with Crippen molar-refractivity contribution in [2.75, 3.05) is 13.1 Å². The van der Waals surface area contributed by atoms with E-state index in [4.69, 9.17) is 0 Å². The van der Waals surface area contributed by atoms with E-state index >= 15 is 0 Å². The monoisotopic (exact) mass is 178 g/mol. The molecule has 0 spiro atoms. The predicted molar refractivity (Wildman–Crippen MR) is 52.8 cm³/mol. The maximum Gasteiger partial charge on any atom is 0.221 e. The predicted octanol–water partition coefficient (Wildman–Crippen LogP) is 1.02. The Morgan fingerprint density at radius 1 is 1.54 bits per heavy atom. The van der Waals surface area contributed by atoms with Crippen LogP contribution >= 0.6 is 0 Å². The van der Waals surface area contributed by atoms with Gasteiger partial charge in [0.2, 0.25) is 6.41 Å². The van der Waals surface area contributed by atoms with Gasteiger partial charge in [-0.2, -0.15) is 0 Å². The number of carbonyl (C=O) groups is 1. The lowest BCUT2D eigenvalue weighted by Gasteiger charge is -2.11. The minimum atomic E-state index is 0.701. The lowest BCUT2D eigenvalue weighted by atomic mass is 10.2. The molecule has 0 bridgehead atoms. The molecular weight excluding hydrogens is 164 g/mol. The number of rotatable bonds is 4. The zero-order valence-corrected chi connectivity index (χ0v) is 7.73. The molecule has 1 aliphatic heterocycles. The third kappa shape index (κ3) is 3.25. The lowest BCUT2D eigenvalue weighted by Crippen LogP contribution is -2.34. The zero-order valence-electron chi connectivity index (χ0n) is 7.73. The van der Waals surface area contributed by atoms with Gasteiger partial charge < -0.3 is 0 Å². The van der Waals surface area contributed by atoms with Crippen molar-refractivity contribution in [3.63, 3.8) is 0 Å². The van der Waals surface area contributed by atoms with Gasteiger partial charge in [0.25, 0.3) is 0 Å². The maximum atomic E-state index is 10.1. The highest BCUT2D eigenvalue weighted by Gasteiger charge is 2.09. The molecule has 0 saturated heterocycles. The van der Waals surface area contributed by atoms with Crippen LogP contribution < -0.4 is 5.43 Å². The van der Waals surface area contributed by atoms with Crippen molar-refractivity contribution in [2.45, 2.75) is 6.92 Å². The number of nitrogens with zero attached hydrogens (tertiary/aromatic N) is 1. The quantitative estimate of drug-likeness (QED) is 0.515. The number of nitrogens with one attached hydrogen (secondary N) is 1. The van der Waals surface area contributed by atoms with E-state index in [1.807, 2.05) is 36.2 Å². The molecule has 70 valence electrons. The SMILES string of the molecule is C/C=C\C=C/C1=CCN(NC=O)C1. The Kier molecular flexibility index (Phi) is 3.99. The summed E-state index contributed by atoms with van der Waals surface area (Å²) in [7, 11) is 0. The molecule has 0 aromatic heterocycles. The molecule has 0 fully saturated rings. The molecule has 1 rings (SSSR count). The molecular formula is C10H14N2O. The second kappa shape index (κ2) is 5.32. The Labute approximate surface area is 78.4 Å². The summed E-state index contributed by atoms with van der Waals surface area (Å²) in [4.78, 5) is 10.1. The summed E-state index contributed by atoms with van der Waals surface area (Å²) < 4.78 is 0. The van der Waals surface area contributed by atoms with Crippen molar-refractivity contribution in [3.05, 3.63) is 36.0 Å². The summed E-state index contributed by atoms with van der Waals surface area (Å²) in [6.07, 6.45) is 10.8. The molecule has 1 amide bonds. The molecule has 1 aliphatic rings. The molecule has 0 atom stereocenters. The van der Waals surface area contributed by atoms with Gasteiger partial charge in [0.05, 0.1) is 0 Å². The molecule has 0 radical (unpaired) electrons. The molecule has 3 nitrogen and oxygen atoms in total. The normalized spacial score (nSPS) is 18.4. The van der Waals surface area contributed by atoms with Crippen LogP contribution in [0.3, 0.4) is 0 Å². The Hall–Kier alpha value is -1.35. The Morgan fingerprint density at radius 2 is 2.38 bits per heavy atom. The summed E-state index contributed by atoms with van der Waals surface area (Å²) in [6, 6.07) is 0. The molecule has 3 heteroatoms. The molecule has 0 aliphatic carbocycles. The zero-order chi connectivity index (χ0) is 9.52. The van der Waals surface area contributed by atoms with Gasteiger partial charge in [-0.3, -0.25) is 10.2 Å². The minimum Gasteiger partial charge on any atom is -0.291 e. The second-order valence-corrected chi connectivity index (χ2v) is 2.79. The summed E-state index contributed by atoms with van der Waals surface area (Å²) in [5, 5.41) is 1.85. The van der Waals surface area contributed by atoms with Gasteiger partial charge in [-0.25, -0.2) is 5.01 Å². The molecule has 0 aromatic rings. The van der Waals surface area contributed by atoms with Crippen molar-refractivity contribution >= 4 is 6.41 Å². The standard InChI is InChI=1S/C10H14N2O/c1-2-3-4-5-10-6-7-12(8-10)11-9-13/h2-6,9H,7-8H2,1H3,(H,11,13)/b3-2-,5-4-. The van der Waals surface area contributed by atoms with Crippen molar-refractivity contribution in [2.24, 2.45) is 0 Å². The highest BCUT2D eigenvalue weighted by molar-refractivity contribution is 5.45. The van der Waals surface area contributed by atoms with E-state index in [2.05, 4.69) is 11.5 Å². The number of amides is 1. The van der Waals surface area contributed by atoms with E-state index in [1.54, 1.807) is 0 Å². The van der Waals surface area contributed by atoms with Crippen molar-refractivity contribution in [3.8, 4) is 0 Å². The maximum absolute atomic E-state index is 10.1. The van der Waals surface area contributed by atoms with Gasteiger partial charge in [0.15, 0.2) is 0 Å². The average Bonchev–Trinajstić information content (AvgIpc) is 2.54. The summed E-state index contributed by atoms with van der Waals surface area (Å²) in [6.45, 7) is 3.55. The first-order chi connectivity index (χ1) is 6.36. The van der Waals surface area contributed by atoms with Gasteiger partial charge in [-0.1, -0.05) is 30.4 Å². The van der Waals surface area contributed by atoms with Crippen molar-refractivity contribution < 1.29 is 4.79 Å². The molecule has 0 aromatic carbocycles. The van der Waals surface area contributed by atoms with Crippen molar-refractivity contribution in [1.82, 2.24) is 10.4 Å². The minimum absolute atomic E-state index is 0.701. The first kappa shape index (κ1) is 9.74. The molecule has 13 heavy (non-hydrogen) atoms. The topological polar surface area (TPSA) is 32.3 Å². The van der Waals surface area contributed by atoms with Crippen LogP contribution in [0.4, 0.5) is 0 Å². The second-order valence-electron chi connectivity index (χ2n) is 2.79. The van der Waals surface area contributed by atoms with Gasteiger partial charge in [-0.05, 0) is 12.5 Å². The van der Waals surface area contributed by atoms with Crippen LogP contribution in [0.1, 0.15) is 6.92 Å². The van der Waals surface area contributed by atoms with E-state index in [9.17, 15) is 4.79 Å². The number of carbonyl (C=O) groups excluding carboxylic acids is 1. The van der Waals surface area contributed by atoms with E-state index in [1.165, 1.54) is 5.57 Å². The van der Waals surface area contributed by atoms with Crippen LogP contribution in [0.15, 0.2) is 36.0 Å². The van der Waals surface area contributed by atoms with E-state index in [0.717, 1.165) is 13.1 Å². The van der Waals surface area contributed by atoms with Crippen LogP contribution in [0.25, 0.3) is 0 Å². The largest absolute Gasteiger partial charge is 0.291 e. The Morgan fingerprint density at radius 3 is 3.08 bits per heavy atom. The summed E-state index contributed by atoms with van der Waals surface area (Å²) in [5.41, 5.74) is 3.84. The van der Waals surface area contributed by atoms with Crippen LogP contribution in [0, 0.1) is 0 Å². The number of hydrogen-bond donors (Lipinski definition) is 1. The van der Waals surface area contributed by atoms with Crippen LogP contribution in [-0.4, -0.2) is 24.5 Å². The molecule has 0 saturated carbocycles. The molecule has 0 unspecified atom stereocenters. The smallest absolute Gasteiger partial charge is 0.221 e. The molecule has 1 N–H and O–H groups in total. The van der Waals surface area contributed by atoms with E-state index in [0.29, 0.717) is 6.41 Å². The third-order valence-corrected chi connectivity index (χ3v) is 1.80. The number of allylic oxidation sites excluding steroid dienone is 3. The fraction of sp³-hybridized carbons (Fsp3) is 0.300. The summed E-state index contributed by atoms with van der Waals surface area (Å²) in [5.74, 6) is 0. The highest BCUT2D eigenvalue weighted by Crippen LogP contribution is 2.07. The first-order valence-electron chi connectivity index (χ1n) is 4.30. The average molecular weight is 178 g/mol. The van der Waals surface area contributed by atoms with Gasteiger partial charge in [-0.15, -0.1) is 0 Å². The number of hydrogen-bond acceptors (Lipinski definition) is 2. The summed E-state index contributed by atoms with van der Waals surface area (Å²) >= 11 is 0. The number of hydrazine groups is 1. The molecule has 1 heterocycles.